The molecule has 1 N–H and O–H groups in total. The number of hydrogen-bond donors (Lipinski definition) is 1. The Hall–Kier alpha value is -2.83. The zero-order chi connectivity index (χ0) is 16.6. The lowest BCUT2D eigenvalue weighted by Crippen LogP contribution is -2.15. The molecule has 3 nitrogen and oxygen atoms in total. The molecule has 7 heteroatoms. The number of benzene rings is 2. The first kappa shape index (κ1) is 15.1. The molecule has 0 fully saturated rings. The molecule has 0 saturated heterocycles. The van der Waals surface area contributed by atoms with Gasteiger partial charge in [-0.3, -0.25) is 9.89 Å². The Labute approximate surface area is 127 Å². The Morgan fingerprint density at radius 3 is 2.35 bits per heavy atom. The van der Waals surface area contributed by atoms with Crippen molar-refractivity contribution in [2.24, 2.45) is 0 Å². The fraction of sp³-hybridized carbons (Fsp3) is 0.0625. The van der Waals surface area contributed by atoms with E-state index in [0.29, 0.717) is 5.69 Å². The van der Waals surface area contributed by atoms with E-state index in [-0.39, 0.29) is 11.1 Å². The Balaban J connectivity index is 2.06. The molecular weight excluding hydrogens is 312 g/mol. The van der Waals surface area contributed by atoms with Crippen molar-refractivity contribution < 1.29 is 17.6 Å². The molecule has 0 unspecified atom stereocenters. The predicted octanol–water partition coefficient (Wildman–Crippen LogP) is 3.99. The molecule has 1 aromatic heterocycles. The van der Waals surface area contributed by atoms with E-state index < -0.39 is 23.1 Å². The maximum absolute atomic E-state index is 12.9. The summed E-state index contributed by atoms with van der Waals surface area (Å²) in [4.78, 5) is 12.4. The van der Waals surface area contributed by atoms with Gasteiger partial charge in [0.1, 0.15) is 5.82 Å². The van der Waals surface area contributed by atoms with Crippen molar-refractivity contribution in [1.29, 1.82) is 0 Å². The number of H-pyrrole nitrogens is 1. The van der Waals surface area contributed by atoms with Gasteiger partial charge in [-0.05, 0) is 42.0 Å². The van der Waals surface area contributed by atoms with Gasteiger partial charge in [0.05, 0.1) is 16.8 Å². The Morgan fingerprint density at radius 2 is 1.70 bits per heavy atom. The highest BCUT2D eigenvalue weighted by molar-refractivity contribution is 5.63. The van der Waals surface area contributed by atoms with E-state index in [0.717, 1.165) is 16.8 Å². The summed E-state index contributed by atoms with van der Waals surface area (Å²) in [6, 6.07) is 9.68. The van der Waals surface area contributed by atoms with Crippen LogP contribution in [0.5, 0.6) is 0 Å². The van der Waals surface area contributed by atoms with Crippen LogP contribution in [0.25, 0.3) is 16.8 Å². The smallest absolute Gasteiger partial charge is 0.298 e. The molecule has 0 saturated carbocycles. The van der Waals surface area contributed by atoms with Crippen LogP contribution in [0.3, 0.4) is 0 Å². The Morgan fingerprint density at radius 1 is 1.00 bits per heavy atom. The van der Waals surface area contributed by atoms with Crippen molar-refractivity contribution in [3.63, 3.8) is 0 Å². The average molecular weight is 322 g/mol. The highest BCUT2D eigenvalue weighted by Gasteiger charge is 2.30. The lowest BCUT2D eigenvalue weighted by molar-refractivity contribution is -0.137. The monoisotopic (exact) mass is 322 g/mol. The molecule has 1 heterocycles. The normalized spacial score (nSPS) is 11.7. The van der Waals surface area contributed by atoms with Crippen molar-refractivity contribution in [3.05, 3.63) is 76.5 Å². The van der Waals surface area contributed by atoms with Crippen LogP contribution in [0.2, 0.25) is 0 Å². The van der Waals surface area contributed by atoms with E-state index in [2.05, 4.69) is 5.10 Å². The van der Waals surface area contributed by atoms with Gasteiger partial charge in [0.25, 0.3) is 5.56 Å². The first-order chi connectivity index (χ1) is 10.9. The van der Waals surface area contributed by atoms with Crippen LogP contribution in [-0.4, -0.2) is 9.78 Å². The van der Waals surface area contributed by atoms with E-state index in [4.69, 9.17) is 0 Å². The van der Waals surface area contributed by atoms with E-state index in [1.54, 1.807) is 0 Å². The summed E-state index contributed by atoms with van der Waals surface area (Å²) in [6.45, 7) is 0. The average Bonchev–Trinajstić information content (AvgIpc) is 2.89. The van der Waals surface area contributed by atoms with Gasteiger partial charge in [0.2, 0.25) is 0 Å². The minimum absolute atomic E-state index is 0.0976. The van der Waals surface area contributed by atoms with Gasteiger partial charge in [-0.2, -0.15) is 13.2 Å². The molecule has 0 atom stereocenters. The van der Waals surface area contributed by atoms with Gasteiger partial charge in [0.15, 0.2) is 0 Å². The van der Waals surface area contributed by atoms with Gasteiger partial charge < -0.3 is 0 Å². The topological polar surface area (TPSA) is 37.8 Å². The number of aromatic nitrogens is 2. The zero-order valence-electron chi connectivity index (χ0n) is 11.6. The van der Waals surface area contributed by atoms with Crippen LogP contribution in [0.4, 0.5) is 17.6 Å². The number of rotatable bonds is 2. The summed E-state index contributed by atoms with van der Waals surface area (Å²) in [6.07, 6.45) is -3.16. The van der Waals surface area contributed by atoms with E-state index in [1.807, 2.05) is 0 Å². The summed E-state index contributed by atoms with van der Waals surface area (Å²) >= 11 is 0. The Bertz CT molecular complexity index is 891. The first-order valence-corrected chi connectivity index (χ1v) is 6.60. The highest BCUT2D eigenvalue weighted by atomic mass is 19.4. The van der Waals surface area contributed by atoms with Crippen LogP contribution in [0.1, 0.15) is 5.56 Å². The number of nitrogens with zero attached hydrogens (tertiary/aromatic N) is 1. The van der Waals surface area contributed by atoms with Crippen molar-refractivity contribution >= 4 is 0 Å². The molecule has 0 aliphatic heterocycles. The van der Waals surface area contributed by atoms with Gasteiger partial charge in [-0.25, -0.2) is 9.07 Å². The SMILES string of the molecule is O=c1c(-c2cccc(C(F)(F)F)c2)c[nH]n1-c1ccc(F)cc1. The van der Waals surface area contributed by atoms with Crippen LogP contribution in [-0.2, 0) is 6.18 Å². The number of aromatic amines is 1. The van der Waals surface area contributed by atoms with Crippen molar-refractivity contribution in [1.82, 2.24) is 9.78 Å². The highest BCUT2D eigenvalue weighted by Crippen LogP contribution is 2.31. The van der Waals surface area contributed by atoms with Crippen molar-refractivity contribution in [3.8, 4) is 16.8 Å². The molecule has 3 aromatic rings. The first-order valence-electron chi connectivity index (χ1n) is 6.60. The second kappa shape index (κ2) is 5.42. The standard InChI is InChI=1S/C16H10F4N2O/c17-12-4-6-13(7-5-12)22-15(23)14(9-21-22)10-2-1-3-11(8-10)16(18,19)20/h1-9,21H. The third-order valence-electron chi connectivity index (χ3n) is 3.36. The fourth-order valence-electron chi connectivity index (χ4n) is 2.22. The van der Waals surface area contributed by atoms with Crippen LogP contribution < -0.4 is 5.56 Å². The molecule has 23 heavy (non-hydrogen) atoms. The molecule has 0 aliphatic carbocycles. The molecule has 0 aliphatic rings. The summed E-state index contributed by atoms with van der Waals surface area (Å²) < 4.78 is 52.4. The van der Waals surface area contributed by atoms with Crippen LogP contribution in [0.15, 0.2) is 59.5 Å². The number of nitrogens with one attached hydrogen (secondary N) is 1. The molecule has 0 bridgehead atoms. The number of alkyl halides is 3. The van der Waals surface area contributed by atoms with Gasteiger partial charge in [0, 0.05) is 6.20 Å². The summed E-state index contributed by atoms with van der Waals surface area (Å²) in [5.41, 5.74) is -0.711. The van der Waals surface area contributed by atoms with Gasteiger partial charge in [-0.15, -0.1) is 0 Å². The summed E-state index contributed by atoms with van der Waals surface area (Å²) in [5.74, 6) is -0.452. The van der Waals surface area contributed by atoms with Crippen LogP contribution >= 0.6 is 0 Å². The lowest BCUT2D eigenvalue weighted by Gasteiger charge is -2.07. The third-order valence-corrected chi connectivity index (χ3v) is 3.36. The van der Waals surface area contributed by atoms with E-state index >= 15 is 0 Å². The lowest BCUT2D eigenvalue weighted by atomic mass is 10.1. The summed E-state index contributed by atoms with van der Waals surface area (Å²) in [7, 11) is 0. The molecule has 0 spiro atoms. The zero-order valence-corrected chi connectivity index (χ0v) is 11.6. The molecule has 0 amide bonds. The van der Waals surface area contributed by atoms with E-state index in [9.17, 15) is 22.4 Å². The largest absolute Gasteiger partial charge is 0.416 e. The number of halogens is 4. The fourth-order valence-corrected chi connectivity index (χ4v) is 2.22. The molecule has 0 radical (unpaired) electrons. The van der Waals surface area contributed by atoms with Crippen LogP contribution in [0, 0.1) is 5.82 Å². The minimum Gasteiger partial charge on any atom is -0.298 e. The third kappa shape index (κ3) is 2.90. The van der Waals surface area contributed by atoms with Crippen molar-refractivity contribution in [2.75, 3.05) is 0 Å². The maximum atomic E-state index is 12.9. The van der Waals surface area contributed by atoms with Crippen molar-refractivity contribution in [2.45, 2.75) is 6.18 Å². The van der Waals surface area contributed by atoms with E-state index in [1.165, 1.54) is 42.6 Å². The second-order valence-corrected chi connectivity index (χ2v) is 4.88. The molecule has 3 rings (SSSR count). The predicted molar refractivity (Wildman–Crippen MR) is 76.8 cm³/mol. The van der Waals surface area contributed by atoms with Gasteiger partial charge >= 0.3 is 6.18 Å². The molecule has 118 valence electrons. The maximum Gasteiger partial charge on any atom is 0.416 e. The Kier molecular flexibility index (Phi) is 3.55. The molecule has 2 aromatic carbocycles. The van der Waals surface area contributed by atoms with Gasteiger partial charge in [-0.1, -0.05) is 12.1 Å². The minimum atomic E-state index is -4.48. The summed E-state index contributed by atoms with van der Waals surface area (Å²) in [5, 5.41) is 2.67. The second-order valence-electron chi connectivity index (χ2n) is 4.88. The number of hydrogen-bond acceptors (Lipinski definition) is 1. The molecular formula is C16H10F4N2O. The quantitative estimate of drug-likeness (QED) is 0.712.